The van der Waals surface area contributed by atoms with Gasteiger partial charge < -0.3 is 4.90 Å². The van der Waals surface area contributed by atoms with Gasteiger partial charge in [-0.2, -0.15) is 0 Å². The lowest BCUT2D eigenvalue weighted by Crippen LogP contribution is -2.28. The number of aliphatic imine (C=N–C) groups is 2. The fourth-order valence-corrected chi connectivity index (χ4v) is 4.01. The van der Waals surface area contributed by atoms with Gasteiger partial charge in [-0.1, -0.05) is 78.9 Å². The molecule has 7 heteroatoms. The van der Waals surface area contributed by atoms with E-state index in [1.54, 1.807) is 18.5 Å². The molecule has 5 rings (SSSR count). The first-order valence-corrected chi connectivity index (χ1v) is 11.5. The molecule has 0 unspecified atom stereocenters. The molecule has 0 aromatic heterocycles. The van der Waals surface area contributed by atoms with Crippen LogP contribution in [0.5, 0.6) is 0 Å². The van der Waals surface area contributed by atoms with Crippen LogP contribution in [0.3, 0.4) is 0 Å². The third kappa shape index (κ3) is 5.05. The van der Waals surface area contributed by atoms with Crippen molar-refractivity contribution < 1.29 is 4.92 Å². The van der Waals surface area contributed by atoms with Crippen molar-refractivity contribution in [1.82, 2.24) is 4.90 Å². The number of benzene rings is 4. The molecule has 4 aromatic rings. The van der Waals surface area contributed by atoms with E-state index in [1.165, 1.54) is 12.1 Å². The molecule has 36 heavy (non-hydrogen) atoms. The third-order valence-corrected chi connectivity index (χ3v) is 5.70. The summed E-state index contributed by atoms with van der Waals surface area (Å²) in [5.74, 6) is 1.40. The molecule has 7 nitrogen and oxygen atoms in total. The van der Waals surface area contributed by atoms with Gasteiger partial charge in [-0.05, 0) is 29.8 Å². The lowest BCUT2D eigenvalue weighted by molar-refractivity contribution is -0.384. The molecular formula is C29H23N5O2. The van der Waals surface area contributed by atoms with Gasteiger partial charge in [0.15, 0.2) is 5.82 Å². The SMILES string of the molecule is O=[N+]([O-])c1ccc(N(C2=CN(Cc3ccccc3)C(c3ccccc3)=NC=N2)c2ccccc2)cc1. The average molecular weight is 474 g/mol. The average Bonchev–Trinajstić information content (AvgIpc) is 3.13. The first-order chi connectivity index (χ1) is 17.7. The summed E-state index contributed by atoms with van der Waals surface area (Å²) in [6, 6.07) is 36.4. The molecule has 0 N–H and O–H groups in total. The minimum atomic E-state index is -0.402. The Labute approximate surface area is 209 Å². The molecule has 0 saturated heterocycles. The molecule has 0 bridgehead atoms. The first kappa shape index (κ1) is 22.7. The Hall–Kier alpha value is -5.04. The van der Waals surface area contributed by atoms with E-state index in [4.69, 9.17) is 9.98 Å². The molecular weight excluding hydrogens is 450 g/mol. The molecule has 0 amide bonds. The standard InChI is InChI=1S/C29H23N5O2/c35-34(36)27-18-16-26(17-19-27)33(25-14-8-3-9-15-25)28-21-32(20-23-10-4-1-5-11-23)29(31-22-30-28)24-12-6-2-7-13-24/h1-19,21-22H,20H2. The second-order valence-electron chi connectivity index (χ2n) is 8.11. The van der Waals surface area contributed by atoms with E-state index in [0.29, 0.717) is 12.4 Å². The molecule has 0 fully saturated rings. The van der Waals surface area contributed by atoms with Gasteiger partial charge in [0, 0.05) is 41.8 Å². The number of amidine groups is 1. The predicted molar refractivity (Wildman–Crippen MR) is 143 cm³/mol. The molecule has 0 saturated carbocycles. The summed E-state index contributed by atoms with van der Waals surface area (Å²) < 4.78 is 0. The van der Waals surface area contributed by atoms with Gasteiger partial charge in [0.1, 0.15) is 12.2 Å². The lowest BCUT2D eigenvalue weighted by atomic mass is 10.1. The van der Waals surface area contributed by atoms with E-state index in [9.17, 15) is 10.1 Å². The Morgan fingerprint density at radius 1 is 0.750 bits per heavy atom. The highest BCUT2D eigenvalue weighted by Crippen LogP contribution is 2.32. The number of nitrogens with zero attached hydrogens (tertiary/aromatic N) is 5. The van der Waals surface area contributed by atoms with Crippen molar-refractivity contribution in [2.45, 2.75) is 6.54 Å². The Morgan fingerprint density at radius 3 is 1.97 bits per heavy atom. The van der Waals surface area contributed by atoms with Gasteiger partial charge in [0.25, 0.3) is 5.69 Å². The van der Waals surface area contributed by atoms with Crippen molar-refractivity contribution in [3.63, 3.8) is 0 Å². The number of nitro benzene ring substituents is 1. The van der Waals surface area contributed by atoms with Crippen molar-refractivity contribution in [1.29, 1.82) is 0 Å². The van der Waals surface area contributed by atoms with Crippen molar-refractivity contribution in [2.75, 3.05) is 4.90 Å². The van der Waals surface area contributed by atoms with Crippen molar-refractivity contribution in [2.24, 2.45) is 9.98 Å². The van der Waals surface area contributed by atoms with Crippen LogP contribution in [0.1, 0.15) is 11.1 Å². The summed E-state index contributed by atoms with van der Waals surface area (Å²) >= 11 is 0. The summed E-state index contributed by atoms with van der Waals surface area (Å²) in [5, 5.41) is 11.2. The number of non-ortho nitro benzene ring substituents is 1. The largest absolute Gasteiger partial charge is 0.324 e. The van der Waals surface area contributed by atoms with Crippen LogP contribution < -0.4 is 4.90 Å². The fourth-order valence-electron chi connectivity index (χ4n) is 4.01. The van der Waals surface area contributed by atoms with Gasteiger partial charge in [-0.3, -0.25) is 15.0 Å². The topological polar surface area (TPSA) is 74.3 Å². The van der Waals surface area contributed by atoms with E-state index in [2.05, 4.69) is 17.0 Å². The van der Waals surface area contributed by atoms with Gasteiger partial charge in [-0.15, -0.1) is 0 Å². The highest BCUT2D eigenvalue weighted by atomic mass is 16.6. The van der Waals surface area contributed by atoms with Crippen LogP contribution in [-0.4, -0.2) is 22.0 Å². The zero-order chi connectivity index (χ0) is 24.7. The third-order valence-electron chi connectivity index (χ3n) is 5.70. The van der Waals surface area contributed by atoms with Crippen LogP contribution in [0.25, 0.3) is 0 Å². The highest BCUT2D eigenvalue weighted by molar-refractivity contribution is 6.03. The zero-order valence-electron chi connectivity index (χ0n) is 19.4. The van der Waals surface area contributed by atoms with Gasteiger partial charge in [0.2, 0.25) is 0 Å². The molecule has 176 valence electrons. The van der Waals surface area contributed by atoms with Gasteiger partial charge >= 0.3 is 0 Å². The molecule has 4 aromatic carbocycles. The molecule has 1 heterocycles. The fraction of sp³-hybridized carbons (Fsp3) is 0.0345. The maximum Gasteiger partial charge on any atom is 0.269 e. The summed E-state index contributed by atoms with van der Waals surface area (Å²) in [6.45, 7) is 0.588. The molecule has 1 aliphatic heterocycles. The van der Waals surface area contributed by atoms with Crippen LogP contribution in [0.15, 0.2) is 137 Å². The Bertz CT molecular complexity index is 1420. The lowest BCUT2D eigenvalue weighted by Gasteiger charge is -2.27. The van der Waals surface area contributed by atoms with E-state index < -0.39 is 4.92 Å². The summed E-state index contributed by atoms with van der Waals surface area (Å²) in [7, 11) is 0. The van der Waals surface area contributed by atoms with Crippen molar-refractivity contribution in [3.8, 4) is 0 Å². The quantitative estimate of drug-likeness (QED) is 0.226. The van der Waals surface area contributed by atoms with Crippen LogP contribution in [0, 0.1) is 10.1 Å². The van der Waals surface area contributed by atoms with Gasteiger partial charge in [-0.25, -0.2) is 9.98 Å². The van der Waals surface area contributed by atoms with E-state index >= 15 is 0 Å². The van der Waals surface area contributed by atoms with Crippen molar-refractivity contribution >= 4 is 29.2 Å². The minimum Gasteiger partial charge on any atom is -0.324 e. The van der Waals surface area contributed by atoms with Gasteiger partial charge in [0.05, 0.1) is 4.92 Å². The number of hydrogen-bond acceptors (Lipinski definition) is 6. The Morgan fingerprint density at radius 2 is 1.33 bits per heavy atom. The maximum atomic E-state index is 11.2. The van der Waals surface area contributed by atoms with Crippen LogP contribution in [0.4, 0.5) is 17.1 Å². The smallest absolute Gasteiger partial charge is 0.269 e. The van der Waals surface area contributed by atoms with Crippen molar-refractivity contribution in [3.05, 3.63) is 149 Å². The number of nitro groups is 1. The Kier molecular flexibility index (Phi) is 6.62. The second-order valence-corrected chi connectivity index (χ2v) is 8.11. The molecule has 0 spiro atoms. The first-order valence-electron chi connectivity index (χ1n) is 11.5. The minimum absolute atomic E-state index is 0.0329. The highest BCUT2D eigenvalue weighted by Gasteiger charge is 2.21. The summed E-state index contributed by atoms with van der Waals surface area (Å²) in [5.41, 5.74) is 3.75. The van der Waals surface area contributed by atoms with Crippen LogP contribution >= 0.6 is 0 Å². The molecule has 0 radical (unpaired) electrons. The van der Waals surface area contributed by atoms with Crippen LogP contribution in [-0.2, 0) is 6.54 Å². The molecule has 0 atom stereocenters. The normalized spacial score (nSPS) is 12.9. The Balaban J connectivity index is 1.61. The van der Waals surface area contributed by atoms with Crippen LogP contribution in [0.2, 0.25) is 0 Å². The number of anilines is 2. The van der Waals surface area contributed by atoms with E-state index in [1.807, 2.05) is 90.0 Å². The predicted octanol–water partition coefficient (Wildman–Crippen LogP) is 6.52. The monoisotopic (exact) mass is 473 g/mol. The van der Waals surface area contributed by atoms with E-state index in [0.717, 1.165) is 28.3 Å². The number of para-hydroxylation sites is 1. The van der Waals surface area contributed by atoms with E-state index in [-0.39, 0.29) is 5.69 Å². The number of hydrogen-bond donors (Lipinski definition) is 0. The second kappa shape index (κ2) is 10.5. The number of rotatable bonds is 7. The maximum absolute atomic E-state index is 11.2. The molecule has 1 aliphatic rings. The summed E-state index contributed by atoms with van der Waals surface area (Å²) in [6.07, 6.45) is 3.53. The summed E-state index contributed by atoms with van der Waals surface area (Å²) in [4.78, 5) is 24.3. The zero-order valence-corrected chi connectivity index (χ0v) is 19.4. The molecule has 0 aliphatic carbocycles.